The quantitative estimate of drug-likeness (QED) is 0.534. The Morgan fingerprint density at radius 3 is 2.53 bits per heavy atom. The lowest BCUT2D eigenvalue weighted by molar-refractivity contribution is 0.103. The van der Waals surface area contributed by atoms with E-state index >= 15 is 0 Å². The Hall–Kier alpha value is -0.0800. The smallest absolute Gasteiger partial charge is 0.0591 e. The van der Waals surface area contributed by atoms with Gasteiger partial charge in [-0.05, 0) is 25.3 Å². The Kier molecular flexibility index (Phi) is 11.9. The van der Waals surface area contributed by atoms with Crippen molar-refractivity contribution in [3.8, 4) is 0 Å². The predicted octanol–water partition coefficient (Wildman–Crippen LogP) is 3.22. The molecule has 1 atom stereocenters. The molecule has 0 aliphatic heterocycles. The van der Waals surface area contributed by atoms with Crippen LogP contribution in [0.3, 0.4) is 0 Å². The van der Waals surface area contributed by atoms with Gasteiger partial charge in [-0.3, -0.25) is 0 Å². The van der Waals surface area contributed by atoms with Crippen molar-refractivity contribution in [3.05, 3.63) is 0 Å². The summed E-state index contributed by atoms with van der Waals surface area (Å²) >= 11 is 0. The van der Waals surface area contributed by atoms with Gasteiger partial charge in [-0.15, -0.1) is 0 Å². The van der Waals surface area contributed by atoms with Crippen molar-refractivity contribution in [1.29, 1.82) is 0 Å². The van der Waals surface area contributed by atoms with Crippen LogP contribution in [0.5, 0.6) is 0 Å². The summed E-state index contributed by atoms with van der Waals surface area (Å²) in [5.41, 5.74) is 0. The summed E-state index contributed by atoms with van der Waals surface area (Å²) in [6.45, 7) is 10.6. The van der Waals surface area contributed by atoms with Crippen molar-refractivity contribution in [2.75, 3.05) is 26.3 Å². The fourth-order valence-corrected chi connectivity index (χ4v) is 1.63. The molecule has 0 spiro atoms. The molecular weight excluding hydrogens is 186 g/mol. The summed E-state index contributed by atoms with van der Waals surface area (Å²) in [5, 5.41) is 3.40. The maximum absolute atomic E-state index is 5.59. The van der Waals surface area contributed by atoms with E-state index < -0.39 is 0 Å². The average Bonchev–Trinajstić information content (AvgIpc) is 2.22. The van der Waals surface area contributed by atoms with E-state index in [1.807, 2.05) is 0 Å². The lowest BCUT2D eigenvalue weighted by atomic mass is 10.1. The van der Waals surface area contributed by atoms with E-state index in [1.54, 1.807) is 0 Å². The second kappa shape index (κ2) is 12.0. The monoisotopic (exact) mass is 215 g/mol. The number of hydrogen-bond donors (Lipinski definition) is 1. The molecule has 2 heteroatoms. The summed E-state index contributed by atoms with van der Waals surface area (Å²) in [7, 11) is 0. The molecule has 0 aromatic heterocycles. The number of rotatable bonds is 11. The van der Waals surface area contributed by atoms with Crippen LogP contribution in [0.2, 0.25) is 0 Å². The van der Waals surface area contributed by atoms with E-state index in [9.17, 15) is 0 Å². The van der Waals surface area contributed by atoms with Crippen LogP contribution in [0.15, 0.2) is 0 Å². The maximum atomic E-state index is 5.59. The third-order valence-electron chi connectivity index (χ3n) is 2.56. The molecule has 2 nitrogen and oxygen atoms in total. The molecule has 0 fully saturated rings. The van der Waals surface area contributed by atoms with Crippen molar-refractivity contribution in [3.63, 3.8) is 0 Å². The maximum Gasteiger partial charge on any atom is 0.0591 e. The molecule has 15 heavy (non-hydrogen) atoms. The molecule has 1 N–H and O–H groups in total. The Balaban J connectivity index is 2.98. The van der Waals surface area contributed by atoms with E-state index in [4.69, 9.17) is 4.74 Å². The summed E-state index contributed by atoms with van der Waals surface area (Å²) < 4.78 is 5.59. The zero-order valence-corrected chi connectivity index (χ0v) is 10.8. The van der Waals surface area contributed by atoms with Crippen LogP contribution in [0.4, 0.5) is 0 Å². The topological polar surface area (TPSA) is 21.3 Å². The highest BCUT2D eigenvalue weighted by Crippen LogP contribution is 2.04. The summed E-state index contributed by atoms with van der Waals surface area (Å²) in [4.78, 5) is 0. The van der Waals surface area contributed by atoms with Gasteiger partial charge in [0.05, 0.1) is 6.61 Å². The number of nitrogens with one attached hydrogen (secondary N) is 1. The SMILES string of the molecule is CCCCCNCCOCC(C)CCC. The summed E-state index contributed by atoms with van der Waals surface area (Å²) in [5.74, 6) is 0.718. The van der Waals surface area contributed by atoms with Gasteiger partial charge in [-0.25, -0.2) is 0 Å². The van der Waals surface area contributed by atoms with Crippen molar-refractivity contribution < 1.29 is 4.74 Å². The van der Waals surface area contributed by atoms with E-state index in [0.29, 0.717) is 0 Å². The van der Waals surface area contributed by atoms with Gasteiger partial charge in [-0.2, -0.15) is 0 Å². The van der Waals surface area contributed by atoms with Crippen molar-refractivity contribution in [2.24, 2.45) is 5.92 Å². The highest BCUT2D eigenvalue weighted by atomic mass is 16.5. The van der Waals surface area contributed by atoms with Crippen molar-refractivity contribution in [2.45, 2.75) is 52.9 Å². The van der Waals surface area contributed by atoms with Gasteiger partial charge in [-0.1, -0.05) is 40.0 Å². The van der Waals surface area contributed by atoms with E-state index in [2.05, 4.69) is 26.1 Å². The molecular formula is C13H29NO. The van der Waals surface area contributed by atoms with Crippen LogP contribution in [-0.4, -0.2) is 26.3 Å². The second-order valence-corrected chi connectivity index (χ2v) is 4.43. The summed E-state index contributed by atoms with van der Waals surface area (Å²) in [6, 6.07) is 0. The van der Waals surface area contributed by atoms with Crippen LogP contribution < -0.4 is 5.32 Å². The van der Waals surface area contributed by atoms with Crippen molar-refractivity contribution in [1.82, 2.24) is 5.32 Å². The van der Waals surface area contributed by atoms with E-state index in [1.165, 1.54) is 32.1 Å². The molecule has 0 radical (unpaired) electrons. The third kappa shape index (κ3) is 11.8. The Labute approximate surface area is 95.8 Å². The van der Waals surface area contributed by atoms with Crippen LogP contribution in [0, 0.1) is 5.92 Å². The molecule has 0 aromatic rings. The predicted molar refractivity (Wildman–Crippen MR) is 67.3 cm³/mol. The molecule has 0 heterocycles. The van der Waals surface area contributed by atoms with E-state index in [-0.39, 0.29) is 0 Å². The van der Waals surface area contributed by atoms with Gasteiger partial charge in [0.1, 0.15) is 0 Å². The van der Waals surface area contributed by atoms with Crippen LogP contribution >= 0.6 is 0 Å². The normalized spacial score (nSPS) is 13.0. The van der Waals surface area contributed by atoms with Gasteiger partial charge in [0.15, 0.2) is 0 Å². The lowest BCUT2D eigenvalue weighted by Gasteiger charge is -2.11. The Morgan fingerprint density at radius 2 is 1.87 bits per heavy atom. The van der Waals surface area contributed by atoms with Gasteiger partial charge < -0.3 is 10.1 Å². The molecule has 92 valence electrons. The standard InChI is InChI=1S/C13H29NO/c1-4-6-7-9-14-10-11-15-12-13(3)8-5-2/h13-14H,4-12H2,1-3H3. The minimum atomic E-state index is 0.718. The third-order valence-corrected chi connectivity index (χ3v) is 2.56. The van der Waals surface area contributed by atoms with Gasteiger partial charge >= 0.3 is 0 Å². The second-order valence-electron chi connectivity index (χ2n) is 4.43. The van der Waals surface area contributed by atoms with Gasteiger partial charge in [0, 0.05) is 13.2 Å². The fraction of sp³-hybridized carbons (Fsp3) is 1.00. The minimum absolute atomic E-state index is 0.718. The van der Waals surface area contributed by atoms with Crippen molar-refractivity contribution >= 4 is 0 Å². The molecule has 0 saturated carbocycles. The van der Waals surface area contributed by atoms with Crippen LogP contribution in [0.25, 0.3) is 0 Å². The molecule has 1 unspecified atom stereocenters. The minimum Gasteiger partial charge on any atom is -0.380 e. The Morgan fingerprint density at radius 1 is 1.07 bits per heavy atom. The molecule has 0 aliphatic carbocycles. The van der Waals surface area contributed by atoms with Crippen LogP contribution in [0.1, 0.15) is 52.9 Å². The molecule has 0 saturated heterocycles. The van der Waals surface area contributed by atoms with Crippen LogP contribution in [-0.2, 0) is 4.74 Å². The Bertz CT molecular complexity index is 117. The molecule has 0 amide bonds. The number of hydrogen-bond acceptors (Lipinski definition) is 2. The number of ether oxygens (including phenoxy) is 1. The zero-order chi connectivity index (χ0) is 11.4. The number of unbranched alkanes of at least 4 members (excludes halogenated alkanes) is 2. The molecule has 0 aliphatic rings. The fourth-order valence-electron chi connectivity index (χ4n) is 1.63. The zero-order valence-electron chi connectivity index (χ0n) is 10.8. The van der Waals surface area contributed by atoms with Gasteiger partial charge in [0.2, 0.25) is 0 Å². The first-order valence-corrected chi connectivity index (χ1v) is 6.59. The first kappa shape index (κ1) is 14.9. The molecule has 0 rings (SSSR count). The average molecular weight is 215 g/mol. The molecule has 0 aromatic carbocycles. The van der Waals surface area contributed by atoms with Gasteiger partial charge in [0.25, 0.3) is 0 Å². The lowest BCUT2D eigenvalue weighted by Crippen LogP contribution is -2.21. The molecule has 0 bridgehead atoms. The highest BCUT2D eigenvalue weighted by molar-refractivity contribution is 4.51. The highest BCUT2D eigenvalue weighted by Gasteiger charge is 1.99. The summed E-state index contributed by atoms with van der Waals surface area (Å²) in [6.07, 6.45) is 6.47. The van der Waals surface area contributed by atoms with E-state index in [0.717, 1.165) is 32.2 Å². The first-order valence-electron chi connectivity index (χ1n) is 6.59. The largest absolute Gasteiger partial charge is 0.380 e. The first-order chi connectivity index (χ1) is 7.31.